The molecule has 1 heterocycles. The Morgan fingerprint density at radius 1 is 1.14 bits per heavy atom. The summed E-state index contributed by atoms with van der Waals surface area (Å²) in [5.74, 6) is 0.831. The van der Waals surface area contributed by atoms with Gasteiger partial charge in [-0.05, 0) is 18.6 Å². The van der Waals surface area contributed by atoms with Crippen LogP contribution < -0.4 is 5.32 Å². The second-order valence-electron chi connectivity index (χ2n) is 5.28. The molecule has 6 nitrogen and oxygen atoms in total. The van der Waals surface area contributed by atoms with Gasteiger partial charge in [-0.1, -0.05) is 19.1 Å². The molecule has 0 unspecified atom stereocenters. The lowest BCUT2D eigenvalue weighted by molar-refractivity contribution is 0.0407. The molecule has 116 valence electrons. The van der Waals surface area contributed by atoms with Gasteiger partial charge in [0.05, 0.1) is 42.9 Å². The van der Waals surface area contributed by atoms with E-state index in [0.717, 1.165) is 29.8 Å². The van der Waals surface area contributed by atoms with Crippen LogP contribution in [0.15, 0.2) is 24.3 Å². The topological polar surface area (TPSA) is 90.5 Å². The standard InChI is InChI=1S/C15H23N3O3/c1-2-7-18-13-6-4-3-5-12(13)17-14(18)8-16-15(9-19,10-20)11-21/h3-6,16,19-21H,2,7-11H2,1H3. The van der Waals surface area contributed by atoms with E-state index in [2.05, 4.69) is 21.8 Å². The van der Waals surface area contributed by atoms with Crippen molar-refractivity contribution in [1.29, 1.82) is 0 Å². The zero-order valence-electron chi connectivity index (χ0n) is 12.3. The first kappa shape index (κ1) is 15.9. The van der Waals surface area contributed by atoms with Crippen molar-refractivity contribution >= 4 is 11.0 Å². The van der Waals surface area contributed by atoms with Crippen LogP contribution in [0.3, 0.4) is 0 Å². The number of nitrogens with one attached hydrogen (secondary N) is 1. The predicted molar refractivity (Wildman–Crippen MR) is 80.9 cm³/mol. The fraction of sp³-hybridized carbons (Fsp3) is 0.533. The molecule has 2 rings (SSSR count). The van der Waals surface area contributed by atoms with Crippen molar-refractivity contribution in [3.05, 3.63) is 30.1 Å². The lowest BCUT2D eigenvalue weighted by Crippen LogP contribution is -2.54. The van der Waals surface area contributed by atoms with Crippen LogP contribution in [0.25, 0.3) is 11.0 Å². The molecule has 0 fully saturated rings. The molecule has 0 bridgehead atoms. The molecule has 0 aliphatic heterocycles. The number of aliphatic hydroxyl groups is 3. The molecule has 0 spiro atoms. The van der Waals surface area contributed by atoms with Gasteiger partial charge in [0.15, 0.2) is 0 Å². The number of rotatable bonds is 8. The van der Waals surface area contributed by atoms with Gasteiger partial charge in [-0.3, -0.25) is 5.32 Å². The third kappa shape index (κ3) is 3.24. The van der Waals surface area contributed by atoms with Crippen molar-refractivity contribution in [1.82, 2.24) is 14.9 Å². The van der Waals surface area contributed by atoms with E-state index in [1.54, 1.807) is 0 Å². The smallest absolute Gasteiger partial charge is 0.123 e. The molecule has 21 heavy (non-hydrogen) atoms. The molecular formula is C15H23N3O3. The minimum absolute atomic E-state index is 0.339. The highest BCUT2D eigenvalue weighted by atomic mass is 16.3. The highest BCUT2D eigenvalue weighted by Crippen LogP contribution is 2.17. The van der Waals surface area contributed by atoms with E-state index in [9.17, 15) is 15.3 Å². The van der Waals surface area contributed by atoms with Gasteiger partial charge in [-0.25, -0.2) is 4.98 Å². The number of hydrogen-bond donors (Lipinski definition) is 4. The number of aromatic nitrogens is 2. The average Bonchev–Trinajstić information content (AvgIpc) is 2.88. The van der Waals surface area contributed by atoms with E-state index in [0.29, 0.717) is 6.54 Å². The Balaban J connectivity index is 2.27. The van der Waals surface area contributed by atoms with Crippen LogP contribution in [0, 0.1) is 0 Å². The molecule has 0 amide bonds. The molecule has 0 aliphatic carbocycles. The summed E-state index contributed by atoms with van der Waals surface area (Å²) in [6.07, 6.45) is 0.985. The molecule has 6 heteroatoms. The van der Waals surface area contributed by atoms with Gasteiger partial charge in [0, 0.05) is 6.54 Å². The molecule has 1 aromatic carbocycles. The maximum Gasteiger partial charge on any atom is 0.123 e. The van der Waals surface area contributed by atoms with Crippen LogP contribution in [-0.4, -0.2) is 50.2 Å². The summed E-state index contributed by atoms with van der Waals surface area (Å²) in [5, 5.41) is 31.1. The van der Waals surface area contributed by atoms with E-state index in [1.165, 1.54) is 0 Å². The fourth-order valence-electron chi connectivity index (χ4n) is 2.32. The Morgan fingerprint density at radius 3 is 2.43 bits per heavy atom. The SMILES string of the molecule is CCCn1c(CNC(CO)(CO)CO)nc2ccccc21. The molecule has 0 radical (unpaired) electrons. The maximum absolute atomic E-state index is 9.36. The second-order valence-corrected chi connectivity index (χ2v) is 5.28. The van der Waals surface area contributed by atoms with E-state index < -0.39 is 5.54 Å². The van der Waals surface area contributed by atoms with Gasteiger partial charge in [0.1, 0.15) is 5.82 Å². The zero-order chi connectivity index (χ0) is 15.3. The number of aryl methyl sites for hydroxylation is 1. The Kier molecular flexibility index (Phi) is 5.30. The first-order valence-electron chi connectivity index (χ1n) is 7.21. The van der Waals surface area contributed by atoms with Crippen molar-refractivity contribution < 1.29 is 15.3 Å². The van der Waals surface area contributed by atoms with Crippen LogP contribution >= 0.6 is 0 Å². The van der Waals surface area contributed by atoms with E-state index in [1.807, 2.05) is 24.3 Å². The molecule has 1 aromatic heterocycles. The number of nitrogens with zero attached hydrogens (tertiary/aromatic N) is 2. The molecule has 0 atom stereocenters. The average molecular weight is 293 g/mol. The van der Waals surface area contributed by atoms with Crippen LogP contribution in [-0.2, 0) is 13.1 Å². The Bertz CT molecular complexity index is 570. The molecule has 0 aliphatic rings. The summed E-state index contributed by atoms with van der Waals surface area (Å²) in [6, 6.07) is 7.91. The van der Waals surface area contributed by atoms with Crippen LogP contribution in [0.2, 0.25) is 0 Å². The number of para-hydroxylation sites is 2. The Labute approximate surface area is 124 Å². The van der Waals surface area contributed by atoms with Gasteiger partial charge in [0.25, 0.3) is 0 Å². The predicted octanol–water partition coefficient (Wildman–Crippen LogP) is 0.252. The van der Waals surface area contributed by atoms with E-state index >= 15 is 0 Å². The normalized spacial score (nSPS) is 12.2. The molecule has 2 aromatic rings. The third-order valence-electron chi connectivity index (χ3n) is 3.71. The van der Waals surface area contributed by atoms with Crippen molar-refractivity contribution in [2.75, 3.05) is 19.8 Å². The summed E-state index contributed by atoms with van der Waals surface area (Å²) in [6.45, 7) is 2.31. The van der Waals surface area contributed by atoms with Gasteiger partial charge in [-0.2, -0.15) is 0 Å². The van der Waals surface area contributed by atoms with Crippen LogP contribution in [0.4, 0.5) is 0 Å². The molecule has 4 N–H and O–H groups in total. The van der Waals surface area contributed by atoms with E-state index in [4.69, 9.17) is 0 Å². The number of aliphatic hydroxyl groups excluding tert-OH is 3. The Hall–Kier alpha value is -1.47. The fourth-order valence-corrected chi connectivity index (χ4v) is 2.32. The molecular weight excluding hydrogens is 270 g/mol. The molecule has 0 saturated heterocycles. The number of benzene rings is 1. The largest absolute Gasteiger partial charge is 0.394 e. The summed E-state index contributed by atoms with van der Waals surface area (Å²) >= 11 is 0. The number of hydrogen-bond acceptors (Lipinski definition) is 5. The highest BCUT2D eigenvalue weighted by molar-refractivity contribution is 5.75. The van der Waals surface area contributed by atoms with Crippen molar-refractivity contribution in [3.63, 3.8) is 0 Å². The lowest BCUT2D eigenvalue weighted by atomic mass is 10.0. The van der Waals surface area contributed by atoms with Gasteiger partial charge >= 0.3 is 0 Å². The van der Waals surface area contributed by atoms with Gasteiger partial charge in [-0.15, -0.1) is 0 Å². The summed E-state index contributed by atoms with van der Waals surface area (Å²) in [4.78, 5) is 4.59. The maximum atomic E-state index is 9.36. The highest BCUT2D eigenvalue weighted by Gasteiger charge is 2.27. The number of fused-ring (bicyclic) bond motifs is 1. The van der Waals surface area contributed by atoms with Crippen molar-refractivity contribution in [2.24, 2.45) is 0 Å². The molecule has 0 saturated carbocycles. The number of imidazole rings is 1. The first-order valence-corrected chi connectivity index (χ1v) is 7.21. The quantitative estimate of drug-likeness (QED) is 0.560. The summed E-state index contributed by atoms with van der Waals surface area (Å²) < 4.78 is 2.12. The van der Waals surface area contributed by atoms with E-state index in [-0.39, 0.29) is 19.8 Å². The van der Waals surface area contributed by atoms with Crippen LogP contribution in [0.1, 0.15) is 19.2 Å². The summed E-state index contributed by atoms with van der Waals surface area (Å²) in [5.41, 5.74) is 0.902. The zero-order valence-corrected chi connectivity index (χ0v) is 12.3. The lowest BCUT2D eigenvalue weighted by Gasteiger charge is -2.28. The third-order valence-corrected chi connectivity index (χ3v) is 3.71. The minimum Gasteiger partial charge on any atom is -0.394 e. The van der Waals surface area contributed by atoms with Crippen LogP contribution in [0.5, 0.6) is 0 Å². The summed E-state index contributed by atoms with van der Waals surface area (Å²) in [7, 11) is 0. The second kappa shape index (κ2) is 7.00. The van der Waals surface area contributed by atoms with Gasteiger partial charge in [0.2, 0.25) is 0 Å². The minimum atomic E-state index is -1.09. The van der Waals surface area contributed by atoms with Crippen molar-refractivity contribution in [3.8, 4) is 0 Å². The Morgan fingerprint density at radius 2 is 1.81 bits per heavy atom. The van der Waals surface area contributed by atoms with Gasteiger partial charge < -0.3 is 19.9 Å². The monoisotopic (exact) mass is 293 g/mol. The first-order chi connectivity index (χ1) is 10.2. The van der Waals surface area contributed by atoms with Crippen molar-refractivity contribution in [2.45, 2.75) is 32.0 Å².